The molecular formula is C34H30ClF3N4O. The molecule has 0 radical (unpaired) electrons. The van der Waals surface area contributed by atoms with Gasteiger partial charge in [0, 0.05) is 50.9 Å². The number of carbonyl (C=O) groups excluding carboxylic acids is 1. The summed E-state index contributed by atoms with van der Waals surface area (Å²) in [5.41, 5.74) is 3.23. The Hall–Kier alpha value is -4.14. The normalized spacial score (nSPS) is 15.2. The number of piperazine rings is 1. The van der Waals surface area contributed by atoms with E-state index < -0.39 is 17.7 Å². The van der Waals surface area contributed by atoms with E-state index in [-0.39, 0.29) is 18.4 Å². The summed E-state index contributed by atoms with van der Waals surface area (Å²) in [6.07, 6.45) is -1.21. The molecule has 1 aliphatic rings. The fourth-order valence-corrected chi connectivity index (χ4v) is 6.13. The van der Waals surface area contributed by atoms with Gasteiger partial charge in [0.05, 0.1) is 22.3 Å². The SMILES string of the molecule is O=C(C[C@@H](c1cccc(C(F)(F)F)c1)c1cnc2ccc(Cl)cn12)N1CCN(C(c2ccccc2)c2ccccc2)CC1. The number of alkyl halides is 3. The summed E-state index contributed by atoms with van der Waals surface area (Å²) >= 11 is 6.26. The van der Waals surface area contributed by atoms with Crippen molar-refractivity contribution < 1.29 is 18.0 Å². The largest absolute Gasteiger partial charge is 0.416 e. The number of carbonyl (C=O) groups is 1. The summed E-state index contributed by atoms with van der Waals surface area (Å²) < 4.78 is 42.7. The number of imidazole rings is 1. The molecule has 3 aromatic carbocycles. The van der Waals surface area contributed by atoms with Crippen LogP contribution in [0.2, 0.25) is 5.02 Å². The van der Waals surface area contributed by atoms with Crippen molar-refractivity contribution >= 4 is 23.2 Å². The summed E-state index contributed by atoms with van der Waals surface area (Å²) in [4.78, 5) is 22.4. The highest BCUT2D eigenvalue weighted by Crippen LogP contribution is 2.36. The first-order chi connectivity index (χ1) is 20.8. The molecule has 0 bridgehead atoms. The first kappa shape index (κ1) is 29.0. The van der Waals surface area contributed by atoms with Gasteiger partial charge in [0.25, 0.3) is 0 Å². The number of halogens is 4. The lowest BCUT2D eigenvalue weighted by Gasteiger charge is -2.40. The Morgan fingerprint density at radius 3 is 2.07 bits per heavy atom. The van der Waals surface area contributed by atoms with Crippen LogP contribution in [-0.2, 0) is 11.0 Å². The van der Waals surface area contributed by atoms with Crippen molar-refractivity contribution in [1.82, 2.24) is 19.2 Å². The lowest BCUT2D eigenvalue weighted by molar-refractivity contribution is -0.137. The lowest BCUT2D eigenvalue weighted by atomic mass is 9.90. The minimum absolute atomic E-state index is 0.00240. The third-order valence-electron chi connectivity index (χ3n) is 8.11. The summed E-state index contributed by atoms with van der Waals surface area (Å²) in [5.74, 6) is -0.766. The standard InChI is InChI=1S/C34H30ClF3N4O/c35-28-14-15-31-39-22-30(42(31)23-28)29(26-12-7-13-27(20-26)34(36,37)38)21-32(43)40-16-18-41(19-17-40)33(24-8-3-1-4-9-24)25-10-5-2-6-11-25/h1-15,20,22-23,29,33H,16-19,21H2/t29-/m0/s1. The van der Waals surface area contributed by atoms with E-state index in [0.717, 1.165) is 12.1 Å². The molecule has 0 unspecified atom stereocenters. The first-order valence-electron chi connectivity index (χ1n) is 14.2. The van der Waals surface area contributed by atoms with Crippen LogP contribution >= 0.6 is 11.6 Å². The van der Waals surface area contributed by atoms with Crippen LogP contribution in [0, 0.1) is 0 Å². The molecule has 1 saturated heterocycles. The molecule has 1 amide bonds. The minimum atomic E-state index is -4.50. The van der Waals surface area contributed by atoms with Crippen LogP contribution in [0.1, 0.15) is 46.3 Å². The molecule has 43 heavy (non-hydrogen) atoms. The average molecular weight is 603 g/mol. The van der Waals surface area contributed by atoms with E-state index in [2.05, 4.69) is 34.1 Å². The van der Waals surface area contributed by atoms with E-state index in [1.54, 1.807) is 35.0 Å². The molecular weight excluding hydrogens is 573 g/mol. The number of nitrogens with zero attached hydrogens (tertiary/aromatic N) is 4. The Bertz CT molecular complexity index is 1660. The zero-order valence-electron chi connectivity index (χ0n) is 23.3. The van der Waals surface area contributed by atoms with Crippen LogP contribution < -0.4 is 0 Å². The van der Waals surface area contributed by atoms with E-state index in [4.69, 9.17) is 11.6 Å². The summed E-state index contributed by atoms with van der Waals surface area (Å²) in [5, 5.41) is 0.461. The third-order valence-corrected chi connectivity index (χ3v) is 8.34. The Morgan fingerprint density at radius 1 is 0.814 bits per heavy atom. The van der Waals surface area contributed by atoms with Crippen LogP contribution in [0.15, 0.2) is 109 Å². The summed E-state index contributed by atoms with van der Waals surface area (Å²) in [7, 11) is 0. The van der Waals surface area contributed by atoms with Crippen molar-refractivity contribution in [1.29, 1.82) is 0 Å². The maximum absolute atomic E-state index is 13.8. The molecule has 0 spiro atoms. The second-order valence-corrected chi connectivity index (χ2v) is 11.2. The lowest BCUT2D eigenvalue weighted by Crippen LogP contribution is -2.50. The Labute approximate surface area is 253 Å². The molecule has 1 atom stereocenters. The van der Waals surface area contributed by atoms with Crippen LogP contribution in [0.3, 0.4) is 0 Å². The molecule has 9 heteroatoms. The quantitative estimate of drug-likeness (QED) is 0.194. The molecule has 1 fully saturated rings. The summed E-state index contributed by atoms with van der Waals surface area (Å²) in [6.45, 7) is 2.37. The molecule has 6 rings (SSSR count). The van der Waals surface area contributed by atoms with E-state index in [1.807, 2.05) is 41.3 Å². The van der Waals surface area contributed by atoms with E-state index in [9.17, 15) is 18.0 Å². The average Bonchev–Trinajstić information content (AvgIpc) is 3.43. The number of pyridine rings is 1. The smallest absolute Gasteiger partial charge is 0.340 e. The Morgan fingerprint density at radius 2 is 1.44 bits per heavy atom. The second-order valence-electron chi connectivity index (χ2n) is 10.8. The third kappa shape index (κ3) is 6.31. The van der Waals surface area contributed by atoms with Gasteiger partial charge in [-0.3, -0.25) is 9.69 Å². The highest BCUT2D eigenvalue weighted by atomic mass is 35.5. The zero-order valence-corrected chi connectivity index (χ0v) is 24.0. The van der Waals surface area contributed by atoms with Gasteiger partial charge < -0.3 is 9.30 Å². The predicted octanol–water partition coefficient (Wildman–Crippen LogP) is 7.46. The van der Waals surface area contributed by atoms with Crippen molar-refractivity contribution in [2.75, 3.05) is 26.2 Å². The second kappa shape index (κ2) is 12.2. The topological polar surface area (TPSA) is 40.9 Å². The van der Waals surface area contributed by atoms with Gasteiger partial charge in [0.15, 0.2) is 0 Å². The van der Waals surface area contributed by atoms with Gasteiger partial charge in [-0.15, -0.1) is 0 Å². The number of benzene rings is 3. The maximum Gasteiger partial charge on any atom is 0.416 e. The van der Waals surface area contributed by atoms with Gasteiger partial charge in [0.1, 0.15) is 5.65 Å². The maximum atomic E-state index is 13.8. The number of hydrogen-bond acceptors (Lipinski definition) is 3. The van der Waals surface area contributed by atoms with Crippen LogP contribution in [0.5, 0.6) is 0 Å². The first-order valence-corrected chi connectivity index (χ1v) is 14.6. The van der Waals surface area contributed by atoms with Crippen LogP contribution in [0.4, 0.5) is 13.2 Å². The van der Waals surface area contributed by atoms with Gasteiger partial charge >= 0.3 is 6.18 Å². The molecule has 0 N–H and O–H groups in total. The highest BCUT2D eigenvalue weighted by Gasteiger charge is 2.33. The number of rotatable bonds is 7. The summed E-state index contributed by atoms with van der Waals surface area (Å²) in [6, 6.07) is 29.3. The van der Waals surface area contributed by atoms with E-state index in [1.165, 1.54) is 17.2 Å². The number of amides is 1. The molecule has 0 saturated carbocycles. The van der Waals surface area contributed by atoms with E-state index >= 15 is 0 Å². The number of hydrogen-bond donors (Lipinski definition) is 0. The molecule has 1 aliphatic heterocycles. The van der Waals surface area contributed by atoms with Crippen molar-refractivity contribution in [3.63, 3.8) is 0 Å². The van der Waals surface area contributed by atoms with Gasteiger partial charge in [-0.25, -0.2) is 4.98 Å². The van der Waals surface area contributed by atoms with Crippen molar-refractivity contribution in [3.8, 4) is 0 Å². The van der Waals surface area contributed by atoms with Crippen LogP contribution in [0.25, 0.3) is 5.65 Å². The van der Waals surface area contributed by atoms with Gasteiger partial charge in [0.2, 0.25) is 5.91 Å². The van der Waals surface area contributed by atoms with Gasteiger partial charge in [-0.05, 0) is 34.9 Å². The molecule has 220 valence electrons. The predicted molar refractivity (Wildman–Crippen MR) is 161 cm³/mol. The fourth-order valence-electron chi connectivity index (χ4n) is 5.97. The minimum Gasteiger partial charge on any atom is -0.340 e. The molecule has 5 nitrogen and oxygen atoms in total. The Kier molecular flexibility index (Phi) is 8.23. The monoisotopic (exact) mass is 602 g/mol. The number of aromatic nitrogens is 2. The van der Waals surface area contributed by atoms with Gasteiger partial charge in [-0.2, -0.15) is 13.2 Å². The van der Waals surface area contributed by atoms with Gasteiger partial charge in [-0.1, -0.05) is 90.5 Å². The van der Waals surface area contributed by atoms with Crippen molar-refractivity contribution in [2.24, 2.45) is 0 Å². The molecule has 3 heterocycles. The molecule has 0 aliphatic carbocycles. The van der Waals surface area contributed by atoms with Crippen molar-refractivity contribution in [2.45, 2.75) is 24.6 Å². The Balaban J connectivity index is 1.25. The molecule has 5 aromatic rings. The fraction of sp³-hybridized carbons (Fsp3) is 0.235. The number of fused-ring (bicyclic) bond motifs is 1. The molecule has 2 aromatic heterocycles. The zero-order chi connectivity index (χ0) is 30.0. The highest BCUT2D eigenvalue weighted by molar-refractivity contribution is 6.30. The van der Waals surface area contributed by atoms with Crippen molar-refractivity contribution in [3.05, 3.63) is 142 Å². The van der Waals surface area contributed by atoms with Crippen LogP contribution in [-0.4, -0.2) is 51.3 Å². The van der Waals surface area contributed by atoms with E-state index in [0.29, 0.717) is 48.1 Å².